The molecule has 1 aromatic heterocycles. The number of nitrogens with zero attached hydrogens (tertiary/aromatic N) is 2. The molecular formula is C15H15N3. The Morgan fingerprint density at radius 3 is 2.72 bits per heavy atom. The van der Waals surface area contributed by atoms with Crippen LogP contribution in [0.15, 0.2) is 54.7 Å². The van der Waals surface area contributed by atoms with Crippen LogP contribution in [-0.2, 0) is 13.6 Å². The number of nitrogens with one attached hydrogen (secondary N) is 1. The first-order chi connectivity index (χ1) is 8.83. The smallest absolute Gasteiger partial charge is 0.0815 e. The van der Waals surface area contributed by atoms with Gasteiger partial charge < -0.3 is 5.32 Å². The van der Waals surface area contributed by atoms with Crippen molar-refractivity contribution in [3.63, 3.8) is 0 Å². The highest BCUT2D eigenvalue weighted by Gasteiger charge is 2.01. The molecule has 3 nitrogen and oxygen atoms in total. The molecule has 1 heterocycles. The van der Waals surface area contributed by atoms with Crippen molar-refractivity contribution in [2.75, 3.05) is 5.32 Å². The summed E-state index contributed by atoms with van der Waals surface area (Å²) in [6, 6.07) is 16.7. The van der Waals surface area contributed by atoms with E-state index in [1.807, 2.05) is 24.0 Å². The molecule has 2 aromatic carbocycles. The highest BCUT2D eigenvalue weighted by molar-refractivity contribution is 5.93. The minimum Gasteiger partial charge on any atom is -0.379 e. The Labute approximate surface area is 106 Å². The summed E-state index contributed by atoms with van der Waals surface area (Å²) in [6.45, 7) is 0.745. The highest BCUT2D eigenvalue weighted by atomic mass is 15.3. The van der Waals surface area contributed by atoms with Gasteiger partial charge in [-0.25, -0.2) is 0 Å². The average Bonchev–Trinajstić information content (AvgIpc) is 2.82. The topological polar surface area (TPSA) is 29.9 Å². The van der Waals surface area contributed by atoms with Crippen molar-refractivity contribution in [3.8, 4) is 0 Å². The van der Waals surface area contributed by atoms with Gasteiger partial charge in [-0.05, 0) is 17.5 Å². The van der Waals surface area contributed by atoms with Gasteiger partial charge >= 0.3 is 0 Å². The van der Waals surface area contributed by atoms with E-state index in [1.54, 1.807) is 0 Å². The number of fused-ring (bicyclic) bond motifs is 1. The Hall–Kier alpha value is -2.29. The average molecular weight is 237 g/mol. The minimum atomic E-state index is 0.745. The predicted octanol–water partition coefficient (Wildman–Crippen LogP) is 3.19. The molecule has 0 fully saturated rings. The zero-order chi connectivity index (χ0) is 12.4. The van der Waals surface area contributed by atoms with E-state index in [1.165, 1.54) is 10.8 Å². The molecule has 0 saturated heterocycles. The lowest BCUT2D eigenvalue weighted by Gasteiger charge is -2.08. The third-order valence-electron chi connectivity index (χ3n) is 3.02. The van der Waals surface area contributed by atoms with E-state index in [4.69, 9.17) is 0 Å². The first-order valence-electron chi connectivity index (χ1n) is 6.03. The van der Waals surface area contributed by atoms with E-state index in [-0.39, 0.29) is 0 Å². The second kappa shape index (κ2) is 4.53. The maximum atomic E-state index is 4.36. The van der Waals surface area contributed by atoms with Crippen molar-refractivity contribution in [3.05, 3.63) is 60.4 Å². The molecule has 0 bridgehead atoms. The summed E-state index contributed by atoms with van der Waals surface area (Å²) in [4.78, 5) is 0. The number of hydrogen-bond acceptors (Lipinski definition) is 2. The normalized spacial score (nSPS) is 10.7. The van der Waals surface area contributed by atoms with Crippen LogP contribution in [0.5, 0.6) is 0 Å². The summed E-state index contributed by atoms with van der Waals surface area (Å²) in [7, 11) is 1.93. The van der Waals surface area contributed by atoms with Crippen LogP contribution in [0.3, 0.4) is 0 Å². The summed E-state index contributed by atoms with van der Waals surface area (Å²) in [6.07, 6.45) is 1.96. The van der Waals surface area contributed by atoms with Crippen LogP contribution < -0.4 is 5.32 Å². The van der Waals surface area contributed by atoms with E-state index in [2.05, 4.69) is 52.9 Å². The number of anilines is 1. The first kappa shape index (κ1) is 10.8. The number of aromatic nitrogens is 2. The molecule has 1 N–H and O–H groups in total. The second-order valence-corrected chi connectivity index (χ2v) is 4.36. The van der Waals surface area contributed by atoms with Gasteiger partial charge in [0.2, 0.25) is 0 Å². The summed E-state index contributed by atoms with van der Waals surface area (Å²) < 4.78 is 1.82. The molecule has 3 aromatic rings. The van der Waals surface area contributed by atoms with Gasteiger partial charge in [-0.3, -0.25) is 4.68 Å². The van der Waals surface area contributed by atoms with Crippen molar-refractivity contribution in [2.24, 2.45) is 7.05 Å². The molecule has 18 heavy (non-hydrogen) atoms. The van der Waals surface area contributed by atoms with Crippen molar-refractivity contribution in [1.29, 1.82) is 0 Å². The van der Waals surface area contributed by atoms with Crippen LogP contribution in [0.25, 0.3) is 10.8 Å². The predicted molar refractivity (Wildman–Crippen MR) is 74.5 cm³/mol. The van der Waals surface area contributed by atoms with E-state index in [9.17, 15) is 0 Å². The Morgan fingerprint density at radius 1 is 1.06 bits per heavy atom. The fourth-order valence-corrected chi connectivity index (χ4v) is 2.12. The molecule has 0 aliphatic heterocycles. The SMILES string of the molecule is Cn1ccc(CNc2cccc3ccccc23)n1. The van der Waals surface area contributed by atoms with Gasteiger partial charge in [-0.2, -0.15) is 5.10 Å². The lowest BCUT2D eigenvalue weighted by molar-refractivity contribution is 0.747. The van der Waals surface area contributed by atoms with Crippen LogP contribution in [0, 0.1) is 0 Å². The largest absolute Gasteiger partial charge is 0.379 e. The molecule has 0 aliphatic rings. The van der Waals surface area contributed by atoms with E-state index in [0.29, 0.717) is 0 Å². The van der Waals surface area contributed by atoms with Gasteiger partial charge in [0.15, 0.2) is 0 Å². The highest BCUT2D eigenvalue weighted by Crippen LogP contribution is 2.23. The maximum Gasteiger partial charge on any atom is 0.0815 e. The van der Waals surface area contributed by atoms with Crippen molar-refractivity contribution in [2.45, 2.75) is 6.54 Å². The molecule has 90 valence electrons. The Morgan fingerprint density at radius 2 is 1.89 bits per heavy atom. The molecule has 3 heteroatoms. The van der Waals surface area contributed by atoms with Crippen LogP contribution >= 0.6 is 0 Å². The zero-order valence-electron chi connectivity index (χ0n) is 10.3. The fourth-order valence-electron chi connectivity index (χ4n) is 2.12. The van der Waals surface area contributed by atoms with Gasteiger partial charge in [0.05, 0.1) is 12.2 Å². The standard InChI is InChI=1S/C15H15N3/c1-18-10-9-13(17-18)11-16-15-8-4-6-12-5-2-3-7-14(12)15/h2-10,16H,11H2,1H3. The van der Waals surface area contributed by atoms with Crippen molar-refractivity contribution in [1.82, 2.24) is 9.78 Å². The molecule has 0 radical (unpaired) electrons. The Balaban J connectivity index is 1.86. The molecular weight excluding hydrogens is 222 g/mol. The second-order valence-electron chi connectivity index (χ2n) is 4.36. The summed E-state index contributed by atoms with van der Waals surface area (Å²) in [5, 5.41) is 10.3. The lowest BCUT2D eigenvalue weighted by Crippen LogP contribution is -2.01. The fraction of sp³-hybridized carbons (Fsp3) is 0.133. The molecule has 0 aliphatic carbocycles. The molecule has 0 amide bonds. The van der Waals surface area contributed by atoms with Crippen molar-refractivity contribution >= 4 is 16.5 Å². The van der Waals surface area contributed by atoms with Crippen LogP contribution in [0.1, 0.15) is 5.69 Å². The molecule has 0 saturated carbocycles. The van der Waals surface area contributed by atoms with Crippen LogP contribution in [0.4, 0.5) is 5.69 Å². The number of aryl methyl sites for hydroxylation is 1. The molecule has 0 atom stereocenters. The van der Waals surface area contributed by atoms with Crippen LogP contribution in [0.2, 0.25) is 0 Å². The first-order valence-corrected chi connectivity index (χ1v) is 6.03. The third-order valence-corrected chi connectivity index (χ3v) is 3.02. The van der Waals surface area contributed by atoms with Gasteiger partial charge in [-0.15, -0.1) is 0 Å². The Bertz CT molecular complexity index is 665. The number of benzene rings is 2. The van der Waals surface area contributed by atoms with Crippen LogP contribution in [-0.4, -0.2) is 9.78 Å². The lowest BCUT2D eigenvalue weighted by atomic mass is 10.1. The third kappa shape index (κ3) is 2.07. The summed E-state index contributed by atoms with van der Waals surface area (Å²) >= 11 is 0. The van der Waals surface area contributed by atoms with E-state index in [0.717, 1.165) is 17.9 Å². The summed E-state index contributed by atoms with van der Waals surface area (Å²) in [5.74, 6) is 0. The molecule has 0 spiro atoms. The monoisotopic (exact) mass is 237 g/mol. The maximum absolute atomic E-state index is 4.36. The molecule has 0 unspecified atom stereocenters. The van der Waals surface area contributed by atoms with E-state index >= 15 is 0 Å². The van der Waals surface area contributed by atoms with E-state index < -0.39 is 0 Å². The number of hydrogen-bond donors (Lipinski definition) is 1. The quantitative estimate of drug-likeness (QED) is 0.758. The van der Waals surface area contributed by atoms with Gasteiger partial charge in [0.25, 0.3) is 0 Å². The summed E-state index contributed by atoms with van der Waals surface area (Å²) in [5.41, 5.74) is 2.20. The minimum absolute atomic E-state index is 0.745. The number of rotatable bonds is 3. The van der Waals surface area contributed by atoms with Gasteiger partial charge in [-0.1, -0.05) is 36.4 Å². The zero-order valence-corrected chi connectivity index (χ0v) is 10.3. The Kier molecular flexibility index (Phi) is 2.73. The van der Waals surface area contributed by atoms with Gasteiger partial charge in [0.1, 0.15) is 0 Å². The van der Waals surface area contributed by atoms with Crippen molar-refractivity contribution < 1.29 is 0 Å². The van der Waals surface area contributed by atoms with Gasteiger partial charge in [0, 0.05) is 24.3 Å². The molecule has 3 rings (SSSR count).